The molecule has 3 heteroatoms. The first-order chi connectivity index (χ1) is 9.65. The highest BCUT2D eigenvalue weighted by molar-refractivity contribution is 5.30. The minimum atomic E-state index is 0.0899. The van der Waals surface area contributed by atoms with E-state index in [9.17, 15) is 0 Å². The van der Waals surface area contributed by atoms with E-state index in [0.717, 1.165) is 37.2 Å². The van der Waals surface area contributed by atoms with Gasteiger partial charge in [0.25, 0.3) is 0 Å². The van der Waals surface area contributed by atoms with E-state index >= 15 is 0 Å². The van der Waals surface area contributed by atoms with E-state index in [0.29, 0.717) is 6.10 Å². The molecule has 112 valence electrons. The van der Waals surface area contributed by atoms with Crippen LogP contribution in [0.15, 0.2) is 24.3 Å². The first-order valence-corrected chi connectivity index (χ1v) is 7.79. The van der Waals surface area contributed by atoms with E-state index in [4.69, 9.17) is 15.2 Å². The van der Waals surface area contributed by atoms with E-state index in [1.807, 2.05) is 26.0 Å². The molecular formula is C17H27NO2. The second-order valence-corrected chi connectivity index (χ2v) is 5.91. The number of ether oxygens (including phenoxy) is 2. The SMILES string of the molecule is CC(C)Oc1cccc(C(N)CCCC2CCCO2)c1. The Balaban J connectivity index is 1.80. The summed E-state index contributed by atoms with van der Waals surface area (Å²) in [6.45, 7) is 5.01. The third-order valence-corrected chi connectivity index (χ3v) is 3.72. The van der Waals surface area contributed by atoms with Crippen LogP contribution in [0.2, 0.25) is 0 Å². The molecule has 0 amide bonds. The van der Waals surface area contributed by atoms with Crippen molar-refractivity contribution in [3.8, 4) is 5.75 Å². The van der Waals surface area contributed by atoms with Crippen LogP contribution < -0.4 is 10.5 Å². The van der Waals surface area contributed by atoms with Crippen LogP contribution in [0.1, 0.15) is 57.6 Å². The average molecular weight is 277 g/mol. The van der Waals surface area contributed by atoms with Crippen LogP contribution in [0.3, 0.4) is 0 Å². The van der Waals surface area contributed by atoms with Crippen LogP contribution in [0.25, 0.3) is 0 Å². The molecule has 2 unspecified atom stereocenters. The third-order valence-electron chi connectivity index (χ3n) is 3.72. The van der Waals surface area contributed by atoms with Gasteiger partial charge in [0.2, 0.25) is 0 Å². The highest BCUT2D eigenvalue weighted by Crippen LogP contribution is 2.24. The van der Waals surface area contributed by atoms with Gasteiger partial charge in [-0.15, -0.1) is 0 Å². The van der Waals surface area contributed by atoms with Crippen molar-refractivity contribution in [1.82, 2.24) is 0 Å². The summed E-state index contributed by atoms with van der Waals surface area (Å²) in [4.78, 5) is 0. The minimum Gasteiger partial charge on any atom is -0.491 e. The van der Waals surface area contributed by atoms with Crippen molar-refractivity contribution < 1.29 is 9.47 Å². The first kappa shape index (κ1) is 15.3. The predicted molar refractivity (Wildman–Crippen MR) is 82.0 cm³/mol. The monoisotopic (exact) mass is 277 g/mol. The van der Waals surface area contributed by atoms with Gasteiger partial charge in [-0.25, -0.2) is 0 Å². The molecule has 0 aliphatic carbocycles. The quantitative estimate of drug-likeness (QED) is 0.824. The van der Waals surface area contributed by atoms with E-state index in [-0.39, 0.29) is 12.1 Å². The molecule has 0 spiro atoms. The average Bonchev–Trinajstić information content (AvgIpc) is 2.91. The van der Waals surface area contributed by atoms with Gasteiger partial charge >= 0.3 is 0 Å². The fourth-order valence-corrected chi connectivity index (χ4v) is 2.69. The van der Waals surface area contributed by atoms with Gasteiger partial charge in [-0.2, -0.15) is 0 Å². The molecule has 3 nitrogen and oxygen atoms in total. The molecule has 1 aliphatic rings. The highest BCUT2D eigenvalue weighted by Gasteiger charge is 2.16. The fourth-order valence-electron chi connectivity index (χ4n) is 2.69. The molecule has 0 saturated carbocycles. The molecule has 1 aliphatic heterocycles. The molecule has 1 saturated heterocycles. The van der Waals surface area contributed by atoms with E-state index < -0.39 is 0 Å². The van der Waals surface area contributed by atoms with Gasteiger partial charge in [0.05, 0.1) is 12.2 Å². The Morgan fingerprint density at radius 3 is 2.95 bits per heavy atom. The lowest BCUT2D eigenvalue weighted by atomic mass is 10.00. The summed E-state index contributed by atoms with van der Waals surface area (Å²) in [5.74, 6) is 0.909. The predicted octanol–water partition coefficient (Wildman–Crippen LogP) is 3.82. The molecule has 20 heavy (non-hydrogen) atoms. The van der Waals surface area contributed by atoms with Gasteiger partial charge in [0, 0.05) is 12.6 Å². The summed E-state index contributed by atoms with van der Waals surface area (Å²) in [7, 11) is 0. The van der Waals surface area contributed by atoms with Crippen LogP contribution in [0.5, 0.6) is 5.75 Å². The summed E-state index contributed by atoms with van der Waals surface area (Å²) in [5.41, 5.74) is 7.45. The second kappa shape index (κ2) is 7.65. The van der Waals surface area contributed by atoms with Crippen molar-refractivity contribution in [2.24, 2.45) is 5.73 Å². The summed E-state index contributed by atoms with van der Waals surface area (Å²) >= 11 is 0. The van der Waals surface area contributed by atoms with Crippen LogP contribution in [0.4, 0.5) is 0 Å². The van der Waals surface area contributed by atoms with Crippen molar-refractivity contribution in [1.29, 1.82) is 0 Å². The number of hydrogen-bond acceptors (Lipinski definition) is 3. The van der Waals surface area contributed by atoms with Gasteiger partial charge in [0.1, 0.15) is 5.75 Å². The van der Waals surface area contributed by atoms with E-state index in [1.54, 1.807) is 0 Å². The van der Waals surface area contributed by atoms with Crippen molar-refractivity contribution in [3.05, 3.63) is 29.8 Å². The molecule has 1 fully saturated rings. The molecule has 1 aromatic carbocycles. The Kier molecular flexibility index (Phi) is 5.86. The first-order valence-electron chi connectivity index (χ1n) is 7.79. The maximum absolute atomic E-state index is 6.28. The molecular weight excluding hydrogens is 250 g/mol. The maximum atomic E-state index is 6.28. The molecule has 2 N–H and O–H groups in total. The molecule has 0 bridgehead atoms. The molecule has 1 aromatic rings. The Labute approximate surface area is 122 Å². The zero-order valence-electron chi connectivity index (χ0n) is 12.7. The van der Waals surface area contributed by atoms with E-state index in [2.05, 4.69) is 12.1 Å². The summed E-state index contributed by atoms with van der Waals surface area (Å²) in [6.07, 6.45) is 6.36. The van der Waals surface area contributed by atoms with Gasteiger partial charge in [-0.05, 0) is 63.6 Å². The van der Waals surface area contributed by atoms with Crippen LogP contribution >= 0.6 is 0 Å². The molecule has 2 rings (SSSR count). The number of nitrogens with two attached hydrogens (primary N) is 1. The van der Waals surface area contributed by atoms with Crippen molar-refractivity contribution in [2.75, 3.05) is 6.61 Å². The number of benzene rings is 1. The summed E-state index contributed by atoms with van der Waals surface area (Å²) in [5, 5.41) is 0. The Bertz CT molecular complexity index is 400. The number of hydrogen-bond donors (Lipinski definition) is 1. The lowest BCUT2D eigenvalue weighted by Gasteiger charge is -2.16. The molecule has 2 atom stereocenters. The third kappa shape index (κ3) is 4.80. The molecule has 0 aromatic heterocycles. The lowest BCUT2D eigenvalue weighted by molar-refractivity contribution is 0.101. The Morgan fingerprint density at radius 1 is 1.40 bits per heavy atom. The fraction of sp³-hybridized carbons (Fsp3) is 0.647. The van der Waals surface area contributed by atoms with E-state index in [1.165, 1.54) is 12.8 Å². The lowest BCUT2D eigenvalue weighted by Crippen LogP contribution is -2.13. The van der Waals surface area contributed by atoms with Gasteiger partial charge in [-0.1, -0.05) is 12.1 Å². The topological polar surface area (TPSA) is 44.5 Å². The molecule has 0 radical (unpaired) electrons. The Hall–Kier alpha value is -1.06. The van der Waals surface area contributed by atoms with Gasteiger partial charge in [-0.3, -0.25) is 0 Å². The Morgan fingerprint density at radius 2 is 2.25 bits per heavy atom. The largest absolute Gasteiger partial charge is 0.491 e. The summed E-state index contributed by atoms with van der Waals surface area (Å²) < 4.78 is 11.4. The standard InChI is InChI=1S/C17H27NO2/c1-13(2)20-16-8-3-6-14(12-16)17(18)10-4-7-15-9-5-11-19-15/h3,6,8,12-13,15,17H,4-5,7,9-11,18H2,1-2H3. The maximum Gasteiger partial charge on any atom is 0.120 e. The summed E-state index contributed by atoms with van der Waals surface area (Å²) in [6, 6.07) is 8.25. The highest BCUT2D eigenvalue weighted by atomic mass is 16.5. The van der Waals surface area contributed by atoms with Gasteiger partial charge in [0.15, 0.2) is 0 Å². The zero-order chi connectivity index (χ0) is 14.4. The van der Waals surface area contributed by atoms with Crippen molar-refractivity contribution >= 4 is 0 Å². The smallest absolute Gasteiger partial charge is 0.120 e. The number of rotatable bonds is 7. The van der Waals surface area contributed by atoms with Crippen LogP contribution in [-0.4, -0.2) is 18.8 Å². The molecule has 1 heterocycles. The van der Waals surface area contributed by atoms with Crippen molar-refractivity contribution in [3.63, 3.8) is 0 Å². The zero-order valence-corrected chi connectivity index (χ0v) is 12.7. The second-order valence-electron chi connectivity index (χ2n) is 5.91. The van der Waals surface area contributed by atoms with Crippen LogP contribution in [0, 0.1) is 0 Å². The van der Waals surface area contributed by atoms with Crippen molar-refractivity contribution in [2.45, 2.75) is 64.2 Å². The van der Waals surface area contributed by atoms with Gasteiger partial charge < -0.3 is 15.2 Å². The minimum absolute atomic E-state index is 0.0899. The normalized spacial score (nSPS) is 20.3. The van der Waals surface area contributed by atoms with Crippen LogP contribution in [-0.2, 0) is 4.74 Å².